The Balaban J connectivity index is 1.73. The highest BCUT2D eigenvalue weighted by Crippen LogP contribution is 2.40. The number of carbonyl (C=O) groups excluding carboxylic acids is 1. The van der Waals surface area contributed by atoms with Crippen LogP contribution in [-0.4, -0.2) is 40.3 Å². The average Bonchev–Trinajstić information content (AvgIpc) is 2.67. The number of amides is 1. The summed E-state index contributed by atoms with van der Waals surface area (Å²) >= 11 is 0. The maximum Gasteiger partial charge on any atom is 0.248 e. The molecule has 1 heterocycles. The highest BCUT2D eigenvalue weighted by atomic mass is 16.6. The molecule has 0 fully saturated rings. The van der Waals surface area contributed by atoms with E-state index in [1.165, 1.54) is 6.08 Å². The van der Waals surface area contributed by atoms with Crippen molar-refractivity contribution in [2.45, 2.75) is 6.92 Å². The van der Waals surface area contributed by atoms with Crippen molar-refractivity contribution in [1.29, 1.82) is 0 Å². The van der Waals surface area contributed by atoms with Crippen LogP contribution in [0.3, 0.4) is 0 Å². The molecule has 2 aromatic carbocycles. The van der Waals surface area contributed by atoms with Crippen LogP contribution in [0, 0.1) is 6.92 Å². The van der Waals surface area contributed by atoms with E-state index in [9.17, 15) is 4.79 Å². The Morgan fingerprint density at radius 1 is 1.19 bits per heavy atom. The number of methoxy groups -OCH3 is 1. The Kier molecular flexibility index (Phi) is 5.54. The fourth-order valence-electron chi connectivity index (χ4n) is 2.80. The highest BCUT2D eigenvalue weighted by molar-refractivity contribution is 6.02. The number of rotatable bonds is 5. The van der Waals surface area contributed by atoms with E-state index in [4.69, 9.17) is 14.2 Å². The van der Waals surface area contributed by atoms with Gasteiger partial charge in [0.2, 0.25) is 11.7 Å². The minimum absolute atomic E-state index is 0.204. The maximum absolute atomic E-state index is 12.3. The third-order valence-electron chi connectivity index (χ3n) is 4.26. The molecule has 1 aliphatic heterocycles. The molecule has 0 radical (unpaired) electrons. The third kappa shape index (κ3) is 4.34. The first-order valence-electron chi connectivity index (χ1n) is 8.72. The lowest BCUT2D eigenvalue weighted by molar-refractivity contribution is -0.111. The van der Waals surface area contributed by atoms with Crippen LogP contribution in [0.4, 0.5) is 11.4 Å². The minimum Gasteiger partial charge on any atom is -0.493 e. The van der Waals surface area contributed by atoms with Crippen LogP contribution in [0.15, 0.2) is 36.4 Å². The lowest BCUT2D eigenvalue weighted by Gasteiger charge is -2.20. The SMILES string of the molecule is COc1cc(C=CC(=O)Nc2ccc(N(C)C)cc2C)cc2c1OCCO2. The summed E-state index contributed by atoms with van der Waals surface area (Å²) in [6, 6.07) is 9.55. The zero-order valence-corrected chi connectivity index (χ0v) is 16.0. The predicted molar refractivity (Wildman–Crippen MR) is 107 cm³/mol. The second kappa shape index (κ2) is 8.03. The Labute approximate surface area is 159 Å². The molecule has 6 nitrogen and oxygen atoms in total. The molecule has 0 aliphatic carbocycles. The third-order valence-corrected chi connectivity index (χ3v) is 4.26. The first-order valence-corrected chi connectivity index (χ1v) is 8.72. The van der Waals surface area contributed by atoms with Crippen molar-refractivity contribution in [3.8, 4) is 17.2 Å². The molecule has 27 heavy (non-hydrogen) atoms. The Bertz CT molecular complexity index is 857. The molecule has 0 unspecified atom stereocenters. The van der Waals surface area contributed by atoms with Gasteiger partial charge in [-0.05, 0) is 54.5 Å². The molecule has 1 amide bonds. The smallest absolute Gasteiger partial charge is 0.248 e. The van der Waals surface area contributed by atoms with E-state index in [0.29, 0.717) is 30.5 Å². The van der Waals surface area contributed by atoms with Gasteiger partial charge in [0.15, 0.2) is 11.5 Å². The normalized spacial score (nSPS) is 12.7. The van der Waals surface area contributed by atoms with Gasteiger partial charge in [-0.1, -0.05) is 0 Å². The molecule has 6 heteroatoms. The number of aryl methyl sites for hydroxylation is 1. The van der Waals surface area contributed by atoms with Gasteiger partial charge in [0, 0.05) is 31.5 Å². The van der Waals surface area contributed by atoms with E-state index in [0.717, 1.165) is 22.5 Å². The van der Waals surface area contributed by atoms with Gasteiger partial charge in [-0.3, -0.25) is 4.79 Å². The van der Waals surface area contributed by atoms with Crippen molar-refractivity contribution in [3.05, 3.63) is 47.5 Å². The van der Waals surface area contributed by atoms with Crippen molar-refractivity contribution >= 4 is 23.4 Å². The van der Waals surface area contributed by atoms with E-state index in [1.54, 1.807) is 13.2 Å². The summed E-state index contributed by atoms with van der Waals surface area (Å²) in [4.78, 5) is 14.3. The molecule has 0 spiro atoms. The van der Waals surface area contributed by atoms with Crippen molar-refractivity contribution in [2.75, 3.05) is 44.6 Å². The Hall–Kier alpha value is -3.15. The zero-order chi connectivity index (χ0) is 19.4. The molecule has 0 atom stereocenters. The van der Waals surface area contributed by atoms with Crippen LogP contribution in [0.1, 0.15) is 11.1 Å². The van der Waals surface area contributed by atoms with Crippen molar-refractivity contribution < 1.29 is 19.0 Å². The highest BCUT2D eigenvalue weighted by Gasteiger charge is 2.17. The largest absolute Gasteiger partial charge is 0.493 e. The van der Waals surface area contributed by atoms with Crippen molar-refractivity contribution in [2.24, 2.45) is 0 Å². The van der Waals surface area contributed by atoms with Crippen molar-refractivity contribution in [3.63, 3.8) is 0 Å². The van der Waals surface area contributed by atoms with Crippen LogP contribution < -0.4 is 24.4 Å². The number of anilines is 2. The monoisotopic (exact) mass is 368 g/mol. The molecule has 0 aromatic heterocycles. The molecule has 1 N–H and O–H groups in total. The molecule has 3 rings (SSSR count). The number of hydrogen-bond donors (Lipinski definition) is 1. The fraction of sp³-hybridized carbons (Fsp3) is 0.286. The summed E-state index contributed by atoms with van der Waals surface area (Å²) in [7, 11) is 5.54. The molecule has 0 saturated heterocycles. The van der Waals surface area contributed by atoms with Gasteiger partial charge >= 0.3 is 0 Å². The first kappa shape index (κ1) is 18.6. The standard InChI is InChI=1S/C21H24N2O4/c1-14-11-16(23(2)3)6-7-17(14)22-20(24)8-5-15-12-18(25-4)21-19(13-15)26-9-10-27-21/h5-8,11-13H,9-10H2,1-4H3,(H,22,24). The minimum atomic E-state index is -0.204. The van der Waals surface area contributed by atoms with E-state index in [2.05, 4.69) is 5.32 Å². The zero-order valence-electron chi connectivity index (χ0n) is 16.0. The van der Waals surface area contributed by atoms with E-state index >= 15 is 0 Å². The van der Waals surface area contributed by atoms with Gasteiger partial charge in [-0.2, -0.15) is 0 Å². The number of hydrogen-bond acceptors (Lipinski definition) is 5. The van der Waals surface area contributed by atoms with Crippen LogP contribution in [-0.2, 0) is 4.79 Å². The van der Waals surface area contributed by atoms with Gasteiger partial charge in [-0.15, -0.1) is 0 Å². The number of carbonyl (C=O) groups is 1. The Morgan fingerprint density at radius 2 is 1.96 bits per heavy atom. The second-order valence-corrected chi connectivity index (χ2v) is 6.46. The quantitative estimate of drug-likeness (QED) is 0.819. The molecule has 1 aliphatic rings. The molecule has 0 bridgehead atoms. The van der Waals surface area contributed by atoms with Gasteiger partial charge < -0.3 is 24.4 Å². The number of benzene rings is 2. The van der Waals surface area contributed by atoms with E-state index in [-0.39, 0.29) is 5.91 Å². The van der Waals surface area contributed by atoms with E-state index < -0.39 is 0 Å². The molecule has 142 valence electrons. The number of nitrogens with one attached hydrogen (secondary N) is 1. The molecule has 0 saturated carbocycles. The van der Waals surface area contributed by atoms with Crippen LogP contribution in [0.25, 0.3) is 6.08 Å². The molecular weight excluding hydrogens is 344 g/mol. The maximum atomic E-state index is 12.3. The van der Waals surface area contributed by atoms with Crippen molar-refractivity contribution in [1.82, 2.24) is 0 Å². The summed E-state index contributed by atoms with van der Waals surface area (Å²) in [5, 5.41) is 2.91. The van der Waals surface area contributed by atoms with Gasteiger partial charge in [-0.25, -0.2) is 0 Å². The lowest BCUT2D eigenvalue weighted by atomic mass is 10.1. The second-order valence-electron chi connectivity index (χ2n) is 6.46. The van der Waals surface area contributed by atoms with E-state index in [1.807, 2.05) is 56.3 Å². The summed E-state index contributed by atoms with van der Waals surface area (Å²) < 4.78 is 16.6. The topological polar surface area (TPSA) is 60.0 Å². The first-order chi connectivity index (χ1) is 13.0. The number of nitrogens with zero attached hydrogens (tertiary/aromatic N) is 1. The van der Waals surface area contributed by atoms with Gasteiger partial charge in [0.05, 0.1) is 7.11 Å². The summed E-state index contributed by atoms with van der Waals surface area (Å²) in [5.41, 5.74) is 3.68. The predicted octanol–water partition coefficient (Wildman–Crippen LogP) is 3.49. The number of ether oxygens (including phenoxy) is 3. The van der Waals surface area contributed by atoms with Crippen LogP contribution in [0.5, 0.6) is 17.2 Å². The van der Waals surface area contributed by atoms with Gasteiger partial charge in [0.25, 0.3) is 0 Å². The average molecular weight is 368 g/mol. The Morgan fingerprint density at radius 3 is 2.67 bits per heavy atom. The summed E-state index contributed by atoms with van der Waals surface area (Å²) in [6.45, 7) is 2.96. The summed E-state index contributed by atoms with van der Waals surface area (Å²) in [5.74, 6) is 1.60. The fourth-order valence-corrected chi connectivity index (χ4v) is 2.80. The molecular formula is C21H24N2O4. The van der Waals surface area contributed by atoms with Gasteiger partial charge in [0.1, 0.15) is 13.2 Å². The lowest BCUT2D eigenvalue weighted by Crippen LogP contribution is -2.16. The molecule has 2 aromatic rings. The van der Waals surface area contributed by atoms with Crippen LogP contribution >= 0.6 is 0 Å². The summed E-state index contributed by atoms with van der Waals surface area (Å²) in [6.07, 6.45) is 3.21. The van der Waals surface area contributed by atoms with Crippen LogP contribution in [0.2, 0.25) is 0 Å². The number of fused-ring (bicyclic) bond motifs is 1.